The molecule has 0 N–H and O–H groups in total. The summed E-state index contributed by atoms with van der Waals surface area (Å²) in [6.07, 6.45) is 2.96. The molecule has 0 aliphatic carbocycles. The highest BCUT2D eigenvalue weighted by Gasteiger charge is 2.25. The summed E-state index contributed by atoms with van der Waals surface area (Å²) < 4.78 is 34.4. The lowest BCUT2D eigenvalue weighted by Gasteiger charge is -2.21. The average molecular weight is 559 g/mol. The first kappa shape index (κ1) is 26.5. The predicted molar refractivity (Wildman–Crippen MR) is 154 cm³/mol. The molecular weight excluding hydrogens is 532 g/mol. The van der Waals surface area contributed by atoms with Crippen molar-refractivity contribution >= 4 is 48.8 Å². The van der Waals surface area contributed by atoms with E-state index in [1.807, 2.05) is 55.5 Å². The van der Waals surface area contributed by atoms with Crippen LogP contribution >= 0.6 is 11.3 Å². The number of aromatic nitrogens is 1. The smallest absolute Gasteiger partial charge is 0.280 e. The normalized spacial score (nSPS) is 12.0. The second-order valence-electron chi connectivity index (χ2n) is 8.79. The number of furan rings is 1. The van der Waals surface area contributed by atoms with Crippen molar-refractivity contribution in [1.29, 1.82) is 0 Å². The van der Waals surface area contributed by atoms with Crippen LogP contribution in [0.15, 0.2) is 106 Å². The lowest BCUT2D eigenvalue weighted by molar-refractivity contribution is 0.0987. The Balaban J connectivity index is 1.44. The van der Waals surface area contributed by atoms with Gasteiger partial charge in [-0.15, -0.1) is 0 Å². The van der Waals surface area contributed by atoms with Crippen LogP contribution in [0.4, 0.5) is 5.13 Å². The first-order chi connectivity index (χ1) is 18.8. The zero-order chi connectivity index (χ0) is 27.4. The predicted octanol–water partition coefficient (Wildman–Crippen LogP) is 6.09. The summed E-state index contributed by atoms with van der Waals surface area (Å²) in [4.78, 5) is 18.3. The van der Waals surface area contributed by atoms with Crippen LogP contribution in [0.2, 0.25) is 0 Å². The summed E-state index contributed by atoms with van der Waals surface area (Å²) in [5.74, 6) is 0.0263. The molecule has 0 saturated heterocycles. The van der Waals surface area contributed by atoms with Gasteiger partial charge in [-0.25, -0.2) is 13.4 Å². The van der Waals surface area contributed by atoms with Gasteiger partial charge >= 0.3 is 0 Å². The van der Waals surface area contributed by atoms with Gasteiger partial charge in [0.25, 0.3) is 5.91 Å². The van der Waals surface area contributed by atoms with Gasteiger partial charge in [0, 0.05) is 18.7 Å². The summed E-state index contributed by atoms with van der Waals surface area (Å²) in [5.41, 5.74) is 3.00. The van der Waals surface area contributed by atoms with Gasteiger partial charge in [0.15, 0.2) is 0 Å². The van der Waals surface area contributed by atoms with E-state index in [1.165, 1.54) is 57.4 Å². The van der Waals surface area contributed by atoms with Crippen LogP contribution in [0, 0.1) is 6.92 Å². The van der Waals surface area contributed by atoms with Crippen molar-refractivity contribution in [2.75, 3.05) is 11.6 Å². The highest BCUT2D eigenvalue weighted by Crippen LogP contribution is 2.31. The number of carbonyl (C=O) groups excluding carboxylic acids is 1. The van der Waals surface area contributed by atoms with Crippen molar-refractivity contribution in [1.82, 2.24) is 9.29 Å². The molecule has 0 saturated carbocycles. The van der Waals surface area contributed by atoms with Gasteiger partial charge in [0.2, 0.25) is 15.2 Å². The summed E-state index contributed by atoms with van der Waals surface area (Å²) in [7, 11) is -3.77. The number of aryl methyl sites for hydroxylation is 1. The molecule has 0 aliphatic heterocycles. The van der Waals surface area contributed by atoms with E-state index in [9.17, 15) is 13.2 Å². The van der Waals surface area contributed by atoms with Crippen molar-refractivity contribution < 1.29 is 17.6 Å². The molecule has 198 valence electrons. The standard InChI is InChI=1S/C29H26N4O4S2/c1-3-32(20-22-8-5-4-6-9-22)39(35,36)25-14-12-23(13-15-25)28(34)33(30-19-24-10-7-17-37-24)29-31-26-16-11-21(2)18-27(26)38-29/h4-19H,3,20H2,1-2H3/b30-19+. The fourth-order valence-electron chi connectivity index (χ4n) is 3.97. The molecule has 0 aliphatic rings. The number of rotatable bonds is 9. The minimum absolute atomic E-state index is 0.109. The number of anilines is 1. The fourth-order valence-corrected chi connectivity index (χ4v) is 6.43. The maximum Gasteiger partial charge on any atom is 0.280 e. The van der Waals surface area contributed by atoms with Crippen LogP contribution in [0.1, 0.15) is 34.2 Å². The Hall–Kier alpha value is -4.12. The molecule has 0 unspecified atom stereocenters. The van der Waals surface area contributed by atoms with Gasteiger partial charge in [0.05, 0.1) is 27.6 Å². The Kier molecular flexibility index (Phi) is 7.69. The fraction of sp³-hybridized carbons (Fsp3) is 0.138. The molecule has 3 aromatic carbocycles. The van der Waals surface area contributed by atoms with Crippen LogP contribution in [0.25, 0.3) is 10.2 Å². The van der Waals surface area contributed by atoms with E-state index in [4.69, 9.17) is 4.42 Å². The van der Waals surface area contributed by atoms with E-state index in [-0.39, 0.29) is 17.0 Å². The molecule has 10 heteroatoms. The monoisotopic (exact) mass is 558 g/mol. The van der Waals surface area contributed by atoms with Crippen molar-refractivity contribution in [3.05, 3.63) is 114 Å². The number of hydrogen-bond donors (Lipinski definition) is 0. The maximum atomic E-state index is 13.6. The van der Waals surface area contributed by atoms with Crippen LogP contribution in [0.5, 0.6) is 0 Å². The van der Waals surface area contributed by atoms with E-state index in [2.05, 4.69) is 10.1 Å². The Labute approximate surface area is 230 Å². The van der Waals surface area contributed by atoms with Gasteiger partial charge in [-0.2, -0.15) is 14.4 Å². The molecule has 5 rings (SSSR count). The third kappa shape index (κ3) is 5.83. The molecule has 39 heavy (non-hydrogen) atoms. The van der Waals surface area contributed by atoms with E-state index in [1.54, 1.807) is 19.1 Å². The SMILES string of the molecule is CCN(Cc1ccccc1)S(=O)(=O)c1ccc(C(=O)N(/N=C/c2ccco2)c2nc3ccc(C)cc3s2)cc1. The molecule has 0 fully saturated rings. The maximum absolute atomic E-state index is 13.6. The Morgan fingerprint density at radius 3 is 2.49 bits per heavy atom. The number of thiazole rings is 1. The zero-order valence-electron chi connectivity index (χ0n) is 21.4. The van der Waals surface area contributed by atoms with Crippen LogP contribution in [-0.4, -0.2) is 36.4 Å². The molecule has 5 aromatic rings. The Morgan fingerprint density at radius 2 is 1.79 bits per heavy atom. The number of amides is 1. The largest absolute Gasteiger partial charge is 0.463 e. The van der Waals surface area contributed by atoms with E-state index in [0.717, 1.165) is 21.3 Å². The first-order valence-electron chi connectivity index (χ1n) is 12.3. The van der Waals surface area contributed by atoms with Crippen LogP contribution in [-0.2, 0) is 16.6 Å². The summed E-state index contributed by atoms with van der Waals surface area (Å²) in [6, 6.07) is 24.6. The van der Waals surface area contributed by atoms with Crippen molar-refractivity contribution in [2.24, 2.45) is 5.10 Å². The number of benzene rings is 3. The molecule has 2 heterocycles. The molecule has 0 bridgehead atoms. The van der Waals surface area contributed by atoms with E-state index in [0.29, 0.717) is 17.4 Å². The topological polar surface area (TPSA) is 96.1 Å². The number of hydrogen-bond acceptors (Lipinski definition) is 7. The van der Waals surface area contributed by atoms with Gasteiger partial charge < -0.3 is 4.42 Å². The summed E-state index contributed by atoms with van der Waals surface area (Å²) in [5, 5.41) is 5.97. The number of nitrogens with zero attached hydrogens (tertiary/aromatic N) is 4. The zero-order valence-corrected chi connectivity index (χ0v) is 23.0. The number of fused-ring (bicyclic) bond motifs is 1. The Morgan fingerprint density at radius 1 is 1.03 bits per heavy atom. The highest BCUT2D eigenvalue weighted by molar-refractivity contribution is 7.89. The van der Waals surface area contributed by atoms with Gasteiger partial charge in [-0.3, -0.25) is 4.79 Å². The molecule has 1 amide bonds. The van der Waals surface area contributed by atoms with E-state index < -0.39 is 15.9 Å². The van der Waals surface area contributed by atoms with Crippen molar-refractivity contribution in [2.45, 2.75) is 25.3 Å². The molecule has 0 spiro atoms. The van der Waals surface area contributed by atoms with Crippen molar-refractivity contribution in [3.63, 3.8) is 0 Å². The van der Waals surface area contributed by atoms with Crippen LogP contribution in [0.3, 0.4) is 0 Å². The third-order valence-corrected chi connectivity index (χ3v) is 8.97. The average Bonchev–Trinajstić information content (AvgIpc) is 3.62. The second kappa shape index (κ2) is 11.3. The second-order valence-corrected chi connectivity index (χ2v) is 11.7. The number of sulfonamides is 1. The molecule has 2 aromatic heterocycles. The highest BCUT2D eigenvalue weighted by atomic mass is 32.2. The van der Waals surface area contributed by atoms with Gasteiger partial charge in [0.1, 0.15) is 5.76 Å². The lowest BCUT2D eigenvalue weighted by Crippen LogP contribution is -2.30. The van der Waals surface area contributed by atoms with E-state index >= 15 is 0 Å². The lowest BCUT2D eigenvalue weighted by atomic mass is 10.2. The number of hydrazone groups is 1. The molecule has 0 radical (unpaired) electrons. The van der Waals surface area contributed by atoms with Crippen LogP contribution < -0.4 is 5.01 Å². The summed E-state index contributed by atoms with van der Waals surface area (Å²) >= 11 is 1.34. The van der Waals surface area contributed by atoms with Crippen molar-refractivity contribution in [3.8, 4) is 0 Å². The minimum atomic E-state index is -3.77. The van der Waals surface area contributed by atoms with Gasteiger partial charge in [-0.05, 0) is 66.6 Å². The molecule has 0 atom stereocenters. The Bertz CT molecular complexity index is 1710. The summed E-state index contributed by atoms with van der Waals surface area (Å²) in [6.45, 7) is 4.36. The first-order valence-corrected chi connectivity index (χ1v) is 14.5. The number of carbonyl (C=O) groups is 1. The van der Waals surface area contributed by atoms with Gasteiger partial charge in [-0.1, -0.05) is 54.7 Å². The molecule has 8 nitrogen and oxygen atoms in total. The quantitative estimate of drug-likeness (QED) is 0.161. The molecular formula is C29H26N4O4S2. The third-order valence-electron chi connectivity index (χ3n) is 6.04. The minimum Gasteiger partial charge on any atom is -0.463 e.